The van der Waals surface area contributed by atoms with Crippen LogP contribution in [0.4, 0.5) is 0 Å². The summed E-state index contributed by atoms with van der Waals surface area (Å²) in [6.45, 7) is 9.55. The van der Waals surface area contributed by atoms with Crippen molar-refractivity contribution in [3.63, 3.8) is 0 Å². The summed E-state index contributed by atoms with van der Waals surface area (Å²) in [4.78, 5) is 33.6. The SMILES string of the molecule is CC1(C)CCCC1=O.CCOC(=O)C(=O)C1=C(O)C(C)(C)CC1. The van der Waals surface area contributed by atoms with Crippen molar-refractivity contribution in [2.75, 3.05) is 6.61 Å². The lowest BCUT2D eigenvalue weighted by Crippen LogP contribution is -2.20. The molecule has 130 valence electrons. The number of carbonyl (C=O) groups is 3. The monoisotopic (exact) mass is 324 g/mol. The first-order valence-electron chi connectivity index (χ1n) is 8.20. The molecule has 0 spiro atoms. The summed E-state index contributed by atoms with van der Waals surface area (Å²) in [6, 6.07) is 0. The smallest absolute Gasteiger partial charge is 0.379 e. The van der Waals surface area contributed by atoms with E-state index in [1.165, 1.54) is 0 Å². The van der Waals surface area contributed by atoms with Crippen LogP contribution in [0, 0.1) is 10.8 Å². The van der Waals surface area contributed by atoms with Gasteiger partial charge in [-0.25, -0.2) is 4.79 Å². The second-order valence-electron chi connectivity index (χ2n) is 7.42. The molecule has 0 aromatic carbocycles. The van der Waals surface area contributed by atoms with E-state index in [1.807, 2.05) is 27.7 Å². The van der Waals surface area contributed by atoms with Crippen LogP contribution in [0.1, 0.15) is 66.7 Å². The number of esters is 1. The van der Waals surface area contributed by atoms with Crippen LogP contribution in [0.25, 0.3) is 0 Å². The molecule has 0 radical (unpaired) electrons. The van der Waals surface area contributed by atoms with Crippen LogP contribution in [0.2, 0.25) is 0 Å². The Bertz CT molecular complexity index is 526. The van der Waals surface area contributed by atoms with E-state index in [-0.39, 0.29) is 23.4 Å². The van der Waals surface area contributed by atoms with Gasteiger partial charge in [-0.3, -0.25) is 9.59 Å². The van der Waals surface area contributed by atoms with Crippen molar-refractivity contribution in [2.45, 2.75) is 66.7 Å². The molecule has 1 fully saturated rings. The molecule has 2 aliphatic rings. The van der Waals surface area contributed by atoms with Gasteiger partial charge >= 0.3 is 5.97 Å². The van der Waals surface area contributed by atoms with Gasteiger partial charge in [0.25, 0.3) is 5.78 Å². The summed E-state index contributed by atoms with van der Waals surface area (Å²) < 4.78 is 4.60. The molecule has 1 saturated carbocycles. The Labute approximate surface area is 138 Å². The predicted molar refractivity (Wildman–Crippen MR) is 86.9 cm³/mol. The van der Waals surface area contributed by atoms with Gasteiger partial charge in [0.1, 0.15) is 11.5 Å². The van der Waals surface area contributed by atoms with Crippen molar-refractivity contribution < 1.29 is 24.2 Å². The van der Waals surface area contributed by atoms with Gasteiger partial charge < -0.3 is 9.84 Å². The Morgan fingerprint density at radius 1 is 1.09 bits per heavy atom. The second-order valence-corrected chi connectivity index (χ2v) is 7.42. The van der Waals surface area contributed by atoms with Crippen LogP contribution in [-0.2, 0) is 19.1 Å². The third-order valence-corrected chi connectivity index (χ3v) is 4.62. The van der Waals surface area contributed by atoms with Crippen molar-refractivity contribution in [1.82, 2.24) is 0 Å². The number of carbonyl (C=O) groups excluding carboxylic acids is 3. The van der Waals surface area contributed by atoms with Crippen LogP contribution < -0.4 is 0 Å². The van der Waals surface area contributed by atoms with Gasteiger partial charge in [0, 0.05) is 22.8 Å². The van der Waals surface area contributed by atoms with E-state index < -0.39 is 17.2 Å². The highest BCUT2D eigenvalue weighted by Gasteiger charge is 2.37. The summed E-state index contributed by atoms with van der Waals surface area (Å²) in [7, 11) is 0. The zero-order valence-corrected chi connectivity index (χ0v) is 14.8. The highest BCUT2D eigenvalue weighted by atomic mass is 16.5. The highest BCUT2D eigenvalue weighted by molar-refractivity contribution is 6.40. The lowest BCUT2D eigenvalue weighted by atomic mass is 9.91. The number of Topliss-reactive ketones (excluding diaryl/α,β-unsaturated/α-hetero) is 2. The maximum Gasteiger partial charge on any atom is 0.379 e. The molecule has 0 atom stereocenters. The summed E-state index contributed by atoms with van der Waals surface area (Å²) in [5.41, 5.74) is -0.184. The molecule has 0 heterocycles. The normalized spacial score (nSPS) is 21.7. The number of aliphatic hydroxyl groups excluding tert-OH is 1. The van der Waals surface area contributed by atoms with E-state index in [0.717, 1.165) is 19.3 Å². The molecule has 2 rings (SSSR count). The number of hydrogen-bond acceptors (Lipinski definition) is 5. The van der Waals surface area contributed by atoms with E-state index in [1.54, 1.807) is 6.92 Å². The van der Waals surface area contributed by atoms with Gasteiger partial charge in [-0.05, 0) is 32.6 Å². The molecule has 0 saturated heterocycles. The Kier molecular flexibility index (Phi) is 6.14. The summed E-state index contributed by atoms with van der Waals surface area (Å²) in [5.74, 6) is -1.12. The van der Waals surface area contributed by atoms with Crippen molar-refractivity contribution >= 4 is 17.5 Å². The van der Waals surface area contributed by atoms with Crippen molar-refractivity contribution in [3.8, 4) is 0 Å². The van der Waals surface area contributed by atoms with Crippen LogP contribution >= 0.6 is 0 Å². The molecular weight excluding hydrogens is 296 g/mol. The van der Waals surface area contributed by atoms with Crippen LogP contribution in [0.15, 0.2) is 11.3 Å². The Hall–Kier alpha value is -1.65. The predicted octanol–water partition coefficient (Wildman–Crippen LogP) is 3.52. The van der Waals surface area contributed by atoms with Gasteiger partial charge in [-0.1, -0.05) is 27.7 Å². The summed E-state index contributed by atoms with van der Waals surface area (Å²) in [5, 5.41) is 9.76. The van der Waals surface area contributed by atoms with Crippen molar-refractivity contribution in [1.29, 1.82) is 0 Å². The molecule has 0 aromatic rings. The first kappa shape index (κ1) is 19.4. The molecular formula is C18H28O5. The fraction of sp³-hybridized carbons (Fsp3) is 0.722. The number of ketones is 2. The molecule has 0 amide bonds. The fourth-order valence-electron chi connectivity index (χ4n) is 2.79. The van der Waals surface area contributed by atoms with Gasteiger partial charge in [0.05, 0.1) is 6.61 Å². The van der Waals surface area contributed by atoms with Crippen LogP contribution in [-0.4, -0.2) is 29.2 Å². The maximum atomic E-state index is 11.5. The van der Waals surface area contributed by atoms with E-state index in [9.17, 15) is 19.5 Å². The van der Waals surface area contributed by atoms with Crippen LogP contribution in [0.5, 0.6) is 0 Å². The average Bonchev–Trinajstić information content (AvgIpc) is 2.90. The standard InChI is InChI=1S/C11H16O4.C7H12O/c1-4-15-10(14)8(12)7-5-6-11(2,3)9(7)13;1-7(2)5-3-4-6(7)8/h13H,4-6H2,1-3H3;3-5H2,1-2H3. The summed E-state index contributed by atoms with van der Waals surface area (Å²) >= 11 is 0. The average molecular weight is 324 g/mol. The minimum Gasteiger partial charge on any atom is -0.511 e. The molecule has 5 heteroatoms. The van der Waals surface area contributed by atoms with Gasteiger partial charge in [-0.15, -0.1) is 0 Å². The molecule has 2 aliphatic carbocycles. The molecule has 0 aliphatic heterocycles. The van der Waals surface area contributed by atoms with Crippen molar-refractivity contribution in [3.05, 3.63) is 11.3 Å². The minimum absolute atomic E-state index is 0.0139. The van der Waals surface area contributed by atoms with Gasteiger partial charge in [0.2, 0.25) is 0 Å². The minimum atomic E-state index is -0.878. The molecule has 5 nitrogen and oxygen atoms in total. The zero-order valence-electron chi connectivity index (χ0n) is 14.8. The zero-order chi connectivity index (χ0) is 17.8. The number of rotatable bonds is 3. The second kappa shape index (κ2) is 7.28. The van der Waals surface area contributed by atoms with E-state index in [2.05, 4.69) is 4.74 Å². The molecule has 0 unspecified atom stereocenters. The van der Waals surface area contributed by atoms with Crippen LogP contribution in [0.3, 0.4) is 0 Å². The largest absolute Gasteiger partial charge is 0.511 e. The number of ether oxygens (including phenoxy) is 1. The fourth-order valence-corrected chi connectivity index (χ4v) is 2.79. The van der Waals surface area contributed by atoms with Crippen molar-refractivity contribution in [2.24, 2.45) is 10.8 Å². The van der Waals surface area contributed by atoms with Gasteiger partial charge in [-0.2, -0.15) is 0 Å². The van der Waals surface area contributed by atoms with E-state index in [4.69, 9.17) is 0 Å². The topological polar surface area (TPSA) is 80.7 Å². The Balaban J connectivity index is 0.000000277. The molecule has 0 aromatic heterocycles. The third-order valence-electron chi connectivity index (χ3n) is 4.62. The number of allylic oxidation sites excluding steroid dienone is 1. The van der Waals surface area contributed by atoms with E-state index >= 15 is 0 Å². The third kappa shape index (κ3) is 4.66. The Morgan fingerprint density at radius 2 is 1.70 bits per heavy atom. The lowest BCUT2D eigenvalue weighted by Gasteiger charge is -2.16. The molecule has 1 N–H and O–H groups in total. The maximum absolute atomic E-state index is 11.5. The first-order chi connectivity index (χ1) is 10.5. The summed E-state index contributed by atoms with van der Waals surface area (Å²) in [6.07, 6.45) is 4.13. The van der Waals surface area contributed by atoms with E-state index in [0.29, 0.717) is 18.6 Å². The molecule has 0 bridgehead atoms. The quantitative estimate of drug-likeness (QED) is 0.634. The number of aliphatic hydroxyl groups is 1. The molecule has 23 heavy (non-hydrogen) atoms. The highest BCUT2D eigenvalue weighted by Crippen LogP contribution is 2.40. The number of hydrogen-bond donors (Lipinski definition) is 1. The Morgan fingerprint density at radius 3 is 2.00 bits per heavy atom. The first-order valence-corrected chi connectivity index (χ1v) is 8.20. The van der Waals surface area contributed by atoms with Gasteiger partial charge in [0.15, 0.2) is 0 Å². The lowest BCUT2D eigenvalue weighted by molar-refractivity contribution is -0.151.